The SMILES string of the molecule is CCOC(C)(C)CNC(=O)c1ccc(N(C)C)c(N)c1. The zero-order valence-corrected chi connectivity index (χ0v) is 13.0. The third-order valence-electron chi connectivity index (χ3n) is 2.98. The number of hydrogen-bond donors (Lipinski definition) is 2. The maximum absolute atomic E-state index is 12.1. The molecule has 0 aliphatic carbocycles. The van der Waals surface area contributed by atoms with Gasteiger partial charge in [-0.2, -0.15) is 0 Å². The van der Waals surface area contributed by atoms with E-state index in [1.165, 1.54) is 0 Å². The number of nitrogens with zero attached hydrogens (tertiary/aromatic N) is 1. The number of nitrogens with one attached hydrogen (secondary N) is 1. The third-order valence-corrected chi connectivity index (χ3v) is 2.98. The van der Waals surface area contributed by atoms with Crippen LogP contribution >= 0.6 is 0 Å². The molecule has 0 aromatic heterocycles. The Morgan fingerprint density at radius 2 is 2.05 bits per heavy atom. The molecule has 112 valence electrons. The topological polar surface area (TPSA) is 67.6 Å². The Bertz CT molecular complexity index is 470. The Morgan fingerprint density at radius 1 is 1.40 bits per heavy atom. The second-order valence-corrected chi connectivity index (χ2v) is 5.54. The summed E-state index contributed by atoms with van der Waals surface area (Å²) in [5.41, 5.74) is 7.61. The fraction of sp³-hybridized carbons (Fsp3) is 0.533. The number of hydrogen-bond acceptors (Lipinski definition) is 4. The standard InChI is InChI=1S/C15H25N3O2/c1-6-20-15(2,3)10-17-14(19)11-7-8-13(18(4)5)12(16)9-11/h7-9H,6,10,16H2,1-5H3,(H,17,19). The highest BCUT2D eigenvalue weighted by Gasteiger charge is 2.19. The highest BCUT2D eigenvalue weighted by Crippen LogP contribution is 2.22. The summed E-state index contributed by atoms with van der Waals surface area (Å²) in [6.45, 7) is 6.90. The molecular formula is C15H25N3O2. The summed E-state index contributed by atoms with van der Waals surface area (Å²) in [5.74, 6) is -0.144. The average Bonchev–Trinajstić information content (AvgIpc) is 2.35. The first-order valence-electron chi connectivity index (χ1n) is 6.76. The van der Waals surface area contributed by atoms with Crippen molar-refractivity contribution in [2.75, 3.05) is 37.9 Å². The van der Waals surface area contributed by atoms with Crippen molar-refractivity contribution in [2.45, 2.75) is 26.4 Å². The summed E-state index contributed by atoms with van der Waals surface area (Å²) >= 11 is 0. The first-order valence-corrected chi connectivity index (χ1v) is 6.76. The maximum atomic E-state index is 12.1. The van der Waals surface area contributed by atoms with E-state index in [9.17, 15) is 4.79 Å². The molecule has 0 atom stereocenters. The predicted octanol–water partition coefficient (Wildman–Crippen LogP) is 1.88. The molecule has 0 aliphatic rings. The van der Waals surface area contributed by atoms with E-state index >= 15 is 0 Å². The van der Waals surface area contributed by atoms with Gasteiger partial charge in [-0.3, -0.25) is 4.79 Å². The van der Waals surface area contributed by atoms with Gasteiger partial charge in [0.1, 0.15) is 0 Å². The van der Waals surface area contributed by atoms with Gasteiger partial charge >= 0.3 is 0 Å². The van der Waals surface area contributed by atoms with Crippen molar-refractivity contribution in [3.63, 3.8) is 0 Å². The zero-order valence-electron chi connectivity index (χ0n) is 13.0. The van der Waals surface area contributed by atoms with Gasteiger partial charge in [0.05, 0.1) is 17.0 Å². The van der Waals surface area contributed by atoms with Crippen LogP contribution in [0.5, 0.6) is 0 Å². The van der Waals surface area contributed by atoms with Crippen molar-refractivity contribution in [3.8, 4) is 0 Å². The van der Waals surface area contributed by atoms with Crippen LogP contribution in [0.2, 0.25) is 0 Å². The zero-order chi connectivity index (χ0) is 15.3. The number of benzene rings is 1. The third kappa shape index (κ3) is 4.42. The molecule has 1 aromatic carbocycles. The lowest BCUT2D eigenvalue weighted by atomic mass is 10.1. The van der Waals surface area contributed by atoms with E-state index in [1.54, 1.807) is 12.1 Å². The lowest BCUT2D eigenvalue weighted by Crippen LogP contribution is -2.40. The molecule has 0 aliphatic heterocycles. The number of carbonyl (C=O) groups excluding carboxylic acids is 1. The molecule has 0 heterocycles. The molecule has 0 bridgehead atoms. The van der Waals surface area contributed by atoms with Crippen LogP contribution in [0, 0.1) is 0 Å². The van der Waals surface area contributed by atoms with Crippen LogP contribution in [-0.2, 0) is 4.74 Å². The molecule has 5 heteroatoms. The number of ether oxygens (including phenoxy) is 1. The predicted molar refractivity (Wildman–Crippen MR) is 83.2 cm³/mol. The molecular weight excluding hydrogens is 254 g/mol. The maximum Gasteiger partial charge on any atom is 0.251 e. The molecule has 1 rings (SSSR count). The summed E-state index contributed by atoms with van der Waals surface area (Å²) in [5, 5.41) is 2.87. The van der Waals surface area contributed by atoms with Gasteiger partial charge in [0.15, 0.2) is 0 Å². The second-order valence-electron chi connectivity index (χ2n) is 5.54. The highest BCUT2D eigenvalue weighted by molar-refractivity contribution is 5.96. The number of anilines is 2. The Morgan fingerprint density at radius 3 is 2.55 bits per heavy atom. The van der Waals surface area contributed by atoms with Gasteiger partial charge in [0.2, 0.25) is 0 Å². The van der Waals surface area contributed by atoms with Gasteiger partial charge in [-0.1, -0.05) is 0 Å². The average molecular weight is 279 g/mol. The van der Waals surface area contributed by atoms with Gasteiger partial charge in [-0.25, -0.2) is 0 Å². The second kappa shape index (κ2) is 6.61. The van der Waals surface area contributed by atoms with E-state index in [0.717, 1.165) is 5.69 Å². The molecule has 0 unspecified atom stereocenters. The molecule has 3 N–H and O–H groups in total. The largest absolute Gasteiger partial charge is 0.397 e. The van der Waals surface area contributed by atoms with Crippen LogP contribution in [0.4, 0.5) is 11.4 Å². The van der Waals surface area contributed by atoms with Gasteiger partial charge in [0.25, 0.3) is 5.91 Å². The number of nitrogen functional groups attached to an aromatic ring is 1. The van der Waals surface area contributed by atoms with E-state index in [2.05, 4.69) is 5.32 Å². The fourth-order valence-corrected chi connectivity index (χ4v) is 1.94. The number of rotatable bonds is 6. The summed E-state index contributed by atoms with van der Waals surface area (Å²) in [7, 11) is 3.83. The Labute approximate surface area is 121 Å². The minimum atomic E-state index is -0.375. The quantitative estimate of drug-likeness (QED) is 0.780. The smallest absolute Gasteiger partial charge is 0.251 e. The van der Waals surface area contributed by atoms with Crippen molar-refractivity contribution >= 4 is 17.3 Å². The van der Waals surface area contributed by atoms with Crippen LogP contribution in [0.3, 0.4) is 0 Å². The van der Waals surface area contributed by atoms with Crippen molar-refractivity contribution in [1.29, 1.82) is 0 Å². The summed E-state index contributed by atoms with van der Waals surface area (Å²) in [4.78, 5) is 14.0. The number of carbonyl (C=O) groups is 1. The molecule has 5 nitrogen and oxygen atoms in total. The molecule has 1 amide bonds. The number of amides is 1. The van der Waals surface area contributed by atoms with Gasteiger partial charge < -0.3 is 20.7 Å². The lowest BCUT2D eigenvalue weighted by molar-refractivity contribution is -0.00815. The molecule has 0 saturated heterocycles. The molecule has 0 spiro atoms. The van der Waals surface area contributed by atoms with Crippen molar-refractivity contribution < 1.29 is 9.53 Å². The molecule has 0 fully saturated rings. The van der Waals surface area contributed by atoms with Crippen molar-refractivity contribution in [1.82, 2.24) is 5.32 Å². The van der Waals surface area contributed by atoms with Crippen LogP contribution in [-0.4, -0.2) is 38.8 Å². The minimum absolute atomic E-state index is 0.144. The molecule has 1 aromatic rings. The summed E-state index contributed by atoms with van der Waals surface area (Å²) in [6, 6.07) is 5.31. The Kier molecular flexibility index (Phi) is 5.39. The lowest BCUT2D eigenvalue weighted by Gasteiger charge is -2.25. The van der Waals surface area contributed by atoms with Gasteiger partial charge in [0, 0.05) is 32.8 Å². The first-order chi connectivity index (χ1) is 9.26. The highest BCUT2D eigenvalue weighted by atomic mass is 16.5. The normalized spacial score (nSPS) is 11.2. The minimum Gasteiger partial charge on any atom is -0.397 e. The van der Waals surface area contributed by atoms with Crippen LogP contribution in [0.25, 0.3) is 0 Å². The molecule has 20 heavy (non-hydrogen) atoms. The Balaban J connectivity index is 2.71. The van der Waals surface area contributed by atoms with E-state index in [4.69, 9.17) is 10.5 Å². The summed E-state index contributed by atoms with van der Waals surface area (Å²) in [6.07, 6.45) is 0. The fourth-order valence-electron chi connectivity index (χ4n) is 1.94. The van der Waals surface area contributed by atoms with Crippen LogP contribution in [0.1, 0.15) is 31.1 Å². The van der Waals surface area contributed by atoms with Gasteiger partial charge in [-0.15, -0.1) is 0 Å². The number of nitrogens with two attached hydrogens (primary N) is 1. The van der Waals surface area contributed by atoms with Crippen LogP contribution < -0.4 is 16.0 Å². The van der Waals surface area contributed by atoms with Gasteiger partial charge in [-0.05, 0) is 39.0 Å². The monoisotopic (exact) mass is 279 g/mol. The molecule has 0 radical (unpaired) electrons. The summed E-state index contributed by atoms with van der Waals surface area (Å²) < 4.78 is 5.54. The van der Waals surface area contributed by atoms with E-state index in [-0.39, 0.29) is 11.5 Å². The van der Waals surface area contributed by atoms with E-state index in [1.807, 2.05) is 45.8 Å². The van der Waals surface area contributed by atoms with Crippen molar-refractivity contribution in [2.24, 2.45) is 0 Å². The van der Waals surface area contributed by atoms with Crippen molar-refractivity contribution in [3.05, 3.63) is 23.8 Å². The van der Waals surface area contributed by atoms with E-state index in [0.29, 0.717) is 24.4 Å². The van der Waals surface area contributed by atoms with E-state index < -0.39 is 0 Å². The Hall–Kier alpha value is -1.75. The first kappa shape index (κ1) is 16.3. The molecule has 0 saturated carbocycles. The van der Waals surface area contributed by atoms with Crippen LogP contribution in [0.15, 0.2) is 18.2 Å².